The van der Waals surface area contributed by atoms with Gasteiger partial charge in [0.2, 0.25) is 0 Å². The van der Waals surface area contributed by atoms with Crippen molar-refractivity contribution in [1.82, 2.24) is 5.32 Å². The van der Waals surface area contributed by atoms with Gasteiger partial charge in [-0.15, -0.1) is 11.3 Å². The van der Waals surface area contributed by atoms with Crippen LogP contribution in [0, 0.1) is 6.92 Å². The zero-order valence-corrected chi connectivity index (χ0v) is 15.0. The number of thiophene rings is 1. The number of likely N-dealkylation sites (N-methyl/N-ethyl adjacent to an activating group) is 1. The molecule has 0 spiro atoms. The predicted molar refractivity (Wildman–Crippen MR) is 91.0 cm³/mol. The molecule has 0 amide bonds. The SMILES string of the molecule is CCNC(Cc1cc(Br)cs1)c1ccc(C)cc1Br. The fraction of sp³-hybridized carbons (Fsp3) is 0.333. The molecular formula is C15H17Br2NS. The van der Waals surface area contributed by atoms with Crippen LogP contribution in [0.25, 0.3) is 0 Å². The lowest BCUT2D eigenvalue weighted by molar-refractivity contribution is 0.551. The van der Waals surface area contributed by atoms with Crippen LogP contribution < -0.4 is 5.32 Å². The second-order valence-electron chi connectivity index (χ2n) is 4.57. The third-order valence-corrected chi connectivity index (χ3v) is 5.42. The van der Waals surface area contributed by atoms with Crippen LogP contribution in [0.4, 0.5) is 0 Å². The minimum absolute atomic E-state index is 0.352. The highest BCUT2D eigenvalue weighted by Gasteiger charge is 2.15. The minimum atomic E-state index is 0.352. The fourth-order valence-electron chi connectivity index (χ4n) is 2.12. The number of hydrogen-bond acceptors (Lipinski definition) is 2. The molecule has 0 fully saturated rings. The Bertz CT molecular complexity index is 551. The van der Waals surface area contributed by atoms with Gasteiger partial charge in [0.1, 0.15) is 0 Å². The molecule has 0 aliphatic carbocycles. The average Bonchev–Trinajstić information content (AvgIpc) is 2.74. The quantitative estimate of drug-likeness (QED) is 0.698. The van der Waals surface area contributed by atoms with Gasteiger partial charge in [-0.2, -0.15) is 0 Å². The van der Waals surface area contributed by atoms with Crippen molar-refractivity contribution in [2.75, 3.05) is 6.54 Å². The lowest BCUT2D eigenvalue weighted by atomic mass is 10.0. The molecule has 2 aromatic rings. The van der Waals surface area contributed by atoms with Gasteiger partial charge in [-0.05, 0) is 52.7 Å². The number of benzene rings is 1. The van der Waals surface area contributed by atoms with Gasteiger partial charge >= 0.3 is 0 Å². The highest BCUT2D eigenvalue weighted by Crippen LogP contribution is 2.30. The Labute approximate surface area is 135 Å². The molecule has 1 aromatic carbocycles. The summed E-state index contributed by atoms with van der Waals surface area (Å²) in [5, 5.41) is 5.72. The average molecular weight is 403 g/mol. The lowest BCUT2D eigenvalue weighted by Crippen LogP contribution is -2.23. The van der Waals surface area contributed by atoms with Gasteiger partial charge in [0, 0.05) is 31.7 Å². The number of aryl methyl sites for hydroxylation is 1. The summed E-state index contributed by atoms with van der Waals surface area (Å²) in [7, 11) is 0. The van der Waals surface area contributed by atoms with Crippen LogP contribution in [0.2, 0.25) is 0 Å². The Morgan fingerprint density at radius 3 is 2.63 bits per heavy atom. The van der Waals surface area contributed by atoms with Gasteiger partial charge in [0.05, 0.1) is 0 Å². The van der Waals surface area contributed by atoms with Crippen LogP contribution >= 0.6 is 43.2 Å². The van der Waals surface area contributed by atoms with Gasteiger partial charge < -0.3 is 5.32 Å². The van der Waals surface area contributed by atoms with E-state index in [1.54, 1.807) is 11.3 Å². The van der Waals surface area contributed by atoms with E-state index in [-0.39, 0.29) is 0 Å². The second-order valence-corrected chi connectivity index (χ2v) is 7.34. The van der Waals surface area contributed by atoms with Crippen LogP contribution in [0.15, 0.2) is 38.6 Å². The van der Waals surface area contributed by atoms with E-state index in [4.69, 9.17) is 0 Å². The first-order chi connectivity index (χ1) is 9.10. The topological polar surface area (TPSA) is 12.0 Å². The van der Waals surface area contributed by atoms with E-state index < -0.39 is 0 Å². The lowest BCUT2D eigenvalue weighted by Gasteiger charge is -2.19. The van der Waals surface area contributed by atoms with Gasteiger partial charge in [0.15, 0.2) is 0 Å². The Morgan fingerprint density at radius 2 is 2.05 bits per heavy atom. The van der Waals surface area contributed by atoms with Gasteiger partial charge in [-0.1, -0.05) is 35.0 Å². The molecule has 0 saturated carbocycles. The minimum Gasteiger partial charge on any atom is -0.310 e. The number of halogens is 2. The summed E-state index contributed by atoms with van der Waals surface area (Å²) in [6.07, 6.45) is 1.02. The number of hydrogen-bond donors (Lipinski definition) is 1. The van der Waals surface area contributed by atoms with E-state index in [0.717, 1.165) is 13.0 Å². The van der Waals surface area contributed by atoms with Gasteiger partial charge in [-0.25, -0.2) is 0 Å². The molecular weight excluding hydrogens is 386 g/mol. The number of nitrogens with one attached hydrogen (secondary N) is 1. The van der Waals surface area contributed by atoms with E-state index in [1.807, 2.05) is 0 Å². The first kappa shape index (κ1) is 15.2. The summed E-state index contributed by atoms with van der Waals surface area (Å²) in [4.78, 5) is 1.39. The molecule has 1 N–H and O–H groups in total. The first-order valence-electron chi connectivity index (χ1n) is 6.32. The standard InChI is InChI=1S/C15H17Br2NS/c1-3-18-15(8-12-7-11(16)9-19-12)13-5-4-10(2)6-14(13)17/h4-7,9,15,18H,3,8H2,1-2H3. The Balaban J connectivity index is 2.23. The normalized spacial score (nSPS) is 12.6. The molecule has 4 heteroatoms. The molecule has 0 aliphatic heterocycles. The van der Waals surface area contributed by atoms with Crippen LogP contribution in [-0.2, 0) is 6.42 Å². The van der Waals surface area contributed by atoms with E-state index in [9.17, 15) is 0 Å². The second kappa shape index (κ2) is 7.02. The Hall–Kier alpha value is -0.160. The van der Waals surface area contributed by atoms with E-state index in [0.29, 0.717) is 6.04 Å². The van der Waals surface area contributed by atoms with Crippen molar-refractivity contribution in [3.8, 4) is 0 Å². The van der Waals surface area contributed by atoms with Crippen molar-refractivity contribution in [3.63, 3.8) is 0 Å². The fourth-order valence-corrected chi connectivity index (χ4v) is 4.38. The number of rotatable bonds is 5. The molecule has 102 valence electrons. The summed E-state index contributed by atoms with van der Waals surface area (Å²) in [6.45, 7) is 5.24. The maximum absolute atomic E-state index is 3.69. The van der Waals surface area contributed by atoms with Crippen molar-refractivity contribution in [2.24, 2.45) is 0 Å². The molecule has 0 saturated heterocycles. The molecule has 1 nitrogen and oxygen atoms in total. The molecule has 2 rings (SSSR count). The van der Waals surface area contributed by atoms with Crippen molar-refractivity contribution in [3.05, 3.63) is 54.6 Å². The molecule has 1 unspecified atom stereocenters. The van der Waals surface area contributed by atoms with Crippen molar-refractivity contribution >= 4 is 43.2 Å². The smallest absolute Gasteiger partial charge is 0.0379 e. The molecule has 1 heterocycles. The molecule has 1 atom stereocenters. The molecule has 1 aromatic heterocycles. The van der Waals surface area contributed by atoms with Crippen molar-refractivity contribution < 1.29 is 0 Å². The third kappa shape index (κ3) is 4.15. The van der Waals surface area contributed by atoms with E-state index >= 15 is 0 Å². The maximum Gasteiger partial charge on any atom is 0.0379 e. The van der Waals surface area contributed by atoms with Gasteiger partial charge in [-0.3, -0.25) is 0 Å². The highest BCUT2D eigenvalue weighted by atomic mass is 79.9. The van der Waals surface area contributed by atoms with Crippen LogP contribution in [-0.4, -0.2) is 6.54 Å². The summed E-state index contributed by atoms with van der Waals surface area (Å²) >= 11 is 9.02. The molecule has 0 aliphatic rings. The van der Waals surface area contributed by atoms with Crippen molar-refractivity contribution in [1.29, 1.82) is 0 Å². The van der Waals surface area contributed by atoms with Crippen LogP contribution in [0.5, 0.6) is 0 Å². The van der Waals surface area contributed by atoms with Gasteiger partial charge in [0.25, 0.3) is 0 Å². The molecule has 0 radical (unpaired) electrons. The van der Waals surface area contributed by atoms with Crippen LogP contribution in [0.1, 0.15) is 29.0 Å². The maximum atomic E-state index is 3.69. The molecule has 0 bridgehead atoms. The monoisotopic (exact) mass is 401 g/mol. The summed E-state index contributed by atoms with van der Waals surface area (Å²) in [5.74, 6) is 0. The largest absolute Gasteiger partial charge is 0.310 e. The van der Waals surface area contributed by atoms with E-state index in [1.165, 1.54) is 24.9 Å². The van der Waals surface area contributed by atoms with E-state index in [2.05, 4.69) is 80.7 Å². The van der Waals surface area contributed by atoms with Crippen molar-refractivity contribution in [2.45, 2.75) is 26.3 Å². The molecule has 19 heavy (non-hydrogen) atoms. The first-order valence-corrected chi connectivity index (χ1v) is 8.79. The Morgan fingerprint density at radius 1 is 1.26 bits per heavy atom. The predicted octanol–water partition coefficient (Wildman–Crippen LogP) is 5.47. The summed E-state index contributed by atoms with van der Waals surface area (Å²) in [6, 6.07) is 9.14. The summed E-state index contributed by atoms with van der Waals surface area (Å²) < 4.78 is 2.36. The zero-order chi connectivity index (χ0) is 13.8. The third-order valence-electron chi connectivity index (χ3n) is 3.01. The summed E-state index contributed by atoms with van der Waals surface area (Å²) in [5.41, 5.74) is 2.61. The zero-order valence-electron chi connectivity index (χ0n) is 11.0. The highest BCUT2D eigenvalue weighted by molar-refractivity contribution is 9.10. The Kier molecular flexibility index (Phi) is 5.63. The van der Waals surface area contributed by atoms with Crippen LogP contribution in [0.3, 0.4) is 0 Å².